The van der Waals surface area contributed by atoms with Crippen LogP contribution in [0.3, 0.4) is 0 Å². The fraction of sp³-hybridized carbons (Fsp3) is 0.538. The third kappa shape index (κ3) is 4.84. The van der Waals surface area contributed by atoms with Crippen LogP contribution in [0, 0.1) is 0 Å². The third-order valence-electron chi connectivity index (χ3n) is 2.48. The van der Waals surface area contributed by atoms with Crippen molar-refractivity contribution >= 4 is 5.97 Å². The molecule has 0 aliphatic carbocycles. The largest absolute Gasteiger partial charge is 0.481 e. The number of hydrogen-bond donors (Lipinski definition) is 1. The van der Waals surface area contributed by atoms with E-state index in [9.17, 15) is 4.79 Å². The summed E-state index contributed by atoms with van der Waals surface area (Å²) < 4.78 is 15.0. The first kappa shape index (κ1) is 15.4. The third-order valence-corrected chi connectivity index (χ3v) is 2.48. The van der Waals surface area contributed by atoms with Crippen LogP contribution in [0.15, 0.2) is 18.3 Å². The Labute approximate surface area is 113 Å². The fourth-order valence-electron chi connectivity index (χ4n) is 1.55. The smallest absolute Gasteiger partial charge is 0.327 e. The van der Waals surface area contributed by atoms with Gasteiger partial charge in [0.25, 0.3) is 0 Å². The standard InChI is InChI=1S/C13H20N2O4/c1-4-19-13(16)12(14-7-8-17-2)10-5-6-11(18-3)15-9-10/h5-6,9,12,14H,4,7-8H2,1-3H3. The van der Waals surface area contributed by atoms with Gasteiger partial charge in [0.2, 0.25) is 5.88 Å². The number of rotatable bonds is 8. The summed E-state index contributed by atoms with van der Waals surface area (Å²) in [4.78, 5) is 16.0. The summed E-state index contributed by atoms with van der Waals surface area (Å²) in [6, 6.07) is 2.95. The van der Waals surface area contributed by atoms with Crippen molar-refractivity contribution in [2.75, 3.05) is 34.0 Å². The molecule has 0 saturated heterocycles. The van der Waals surface area contributed by atoms with Crippen LogP contribution in [-0.2, 0) is 14.3 Å². The van der Waals surface area contributed by atoms with Crippen LogP contribution < -0.4 is 10.1 Å². The van der Waals surface area contributed by atoms with Gasteiger partial charge >= 0.3 is 5.97 Å². The normalized spacial score (nSPS) is 11.9. The first-order valence-electron chi connectivity index (χ1n) is 6.11. The molecule has 19 heavy (non-hydrogen) atoms. The van der Waals surface area contributed by atoms with E-state index in [4.69, 9.17) is 14.2 Å². The highest BCUT2D eigenvalue weighted by molar-refractivity contribution is 5.77. The quantitative estimate of drug-likeness (QED) is 0.559. The van der Waals surface area contributed by atoms with Gasteiger partial charge in [-0.05, 0) is 18.6 Å². The minimum atomic E-state index is -0.548. The van der Waals surface area contributed by atoms with E-state index in [0.29, 0.717) is 25.6 Å². The van der Waals surface area contributed by atoms with Gasteiger partial charge in [-0.2, -0.15) is 0 Å². The highest BCUT2D eigenvalue weighted by Gasteiger charge is 2.21. The molecule has 0 fully saturated rings. The maximum absolute atomic E-state index is 11.9. The summed E-state index contributed by atoms with van der Waals surface area (Å²) in [6.45, 7) is 3.17. The summed E-state index contributed by atoms with van der Waals surface area (Å²) in [5, 5.41) is 3.08. The Morgan fingerprint density at radius 3 is 2.74 bits per heavy atom. The Bertz CT molecular complexity index is 381. The average Bonchev–Trinajstić information content (AvgIpc) is 2.44. The average molecular weight is 268 g/mol. The van der Waals surface area contributed by atoms with Gasteiger partial charge < -0.3 is 14.2 Å². The van der Waals surface area contributed by atoms with Crippen LogP contribution >= 0.6 is 0 Å². The minimum absolute atomic E-state index is 0.328. The number of methoxy groups -OCH3 is 2. The zero-order chi connectivity index (χ0) is 14.1. The molecule has 0 aliphatic rings. The molecule has 1 aromatic rings. The van der Waals surface area contributed by atoms with Crippen molar-refractivity contribution in [3.8, 4) is 5.88 Å². The van der Waals surface area contributed by atoms with Crippen LogP contribution in [0.1, 0.15) is 18.5 Å². The predicted octanol–water partition coefficient (Wildman–Crippen LogP) is 0.930. The molecular weight excluding hydrogens is 248 g/mol. The van der Waals surface area contributed by atoms with Crippen LogP contribution in [0.2, 0.25) is 0 Å². The second-order valence-corrected chi connectivity index (χ2v) is 3.77. The molecule has 0 bridgehead atoms. The zero-order valence-electron chi connectivity index (χ0n) is 11.5. The lowest BCUT2D eigenvalue weighted by Crippen LogP contribution is -2.32. The fourth-order valence-corrected chi connectivity index (χ4v) is 1.55. The first-order valence-corrected chi connectivity index (χ1v) is 6.11. The van der Waals surface area contributed by atoms with Crippen LogP contribution in [0.25, 0.3) is 0 Å². The minimum Gasteiger partial charge on any atom is -0.481 e. The number of esters is 1. The molecule has 0 aromatic carbocycles. The summed E-state index contributed by atoms with van der Waals surface area (Å²) in [7, 11) is 3.15. The molecule has 1 rings (SSSR count). The van der Waals surface area contributed by atoms with E-state index in [0.717, 1.165) is 5.56 Å². The predicted molar refractivity (Wildman–Crippen MR) is 70.0 cm³/mol. The first-order chi connectivity index (χ1) is 9.22. The van der Waals surface area contributed by atoms with Gasteiger partial charge in [0.15, 0.2) is 0 Å². The van der Waals surface area contributed by atoms with Crippen molar-refractivity contribution in [1.82, 2.24) is 10.3 Å². The topological polar surface area (TPSA) is 69.7 Å². The van der Waals surface area contributed by atoms with E-state index in [-0.39, 0.29) is 5.97 Å². The Balaban J connectivity index is 2.77. The molecule has 1 heterocycles. The van der Waals surface area contributed by atoms with E-state index in [1.54, 1.807) is 39.5 Å². The van der Waals surface area contributed by atoms with Gasteiger partial charge in [0.1, 0.15) is 6.04 Å². The number of hydrogen-bond acceptors (Lipinski definition) is 6. The lowest BCUT2D eigenvalue weighted by atomic mass is 10.1. The molecule has 1 unspecified atom stereocenters. The number of carbonyl (C=O) groups excluding carboxylic acids is 1. The maximum Gasteiger partial charge on any atom is 0.327 e. The molecule has 0 amide bonds. The molecule has 0 saturated carbocycles. The van der Waals surface area contributed by atoms with Gasteiger partial charge in [-0.25, -0.2) is 9.78 Å². The van der Waals surface area contributed by atoms with E-state index >= 15 is 0 Å². The van der Waals surface area contributed by atoms with Crippen LogP contribution in [0.4, 0.5) is 0 Å². The number of ether oxygens (including phenoxy) is 3. The molecule has 6 nitrogen and oxygen atoms in total. The van der Waals surface area contributed by atoms with Gasteiger partial charge in [-0.3, -0.25) is 5.32 Å². The number of nitrogens with zero attached hydrogens (tertiary/aromatic N) is 1. The molecule has 0 radical (unpaired) electrons. The number of pyridine rings is 1. The van der Waals surface area contributed by atoms with Crippen molar-refractivity contribution in [3.63, 3.8) is 0 Å². The van der Waals surface area contributed by atoms with Gasteiger partial charge in [0.05, 0.1) is 20.3 Å². The second-order valence-electron chi connectivity index (χ2n) is 3.77. The maximum atomic E-state index is 11.9. The Hall–Kier alpha value is -1.66. The molecule has 6 heteroatoms. The summed E-state index contributed by atoms with van der Waals surface area (Å²) in [6.07, 6.45) is 1.60. The number of nitrogens with one attached hydrogen (secondary N) is 1. The molecule has 0 aliphatic heterocycles. The second kappa shape index (κ2) is 8.44. The van der Waals surface area contributed by atoms with Crippen LogP contribution in [-0.4, -0.2) is 44.9 Å². The van der Waals surface area contributed by atoms with Crippen molar-refractivity contribution < 1.29 is 19.0 Å². The zero-order valence-corrected chi connectivity index (χ0v) is 11.5. The summed E-state index contributed by atoms with van der Waals surface area (Å²) >= 11 is 0. The SMILES string of the molecule is CCOC(=O)C(NCCOC)c1ccc(OC)nc1. The highest BCUT2D eigenvalue weighted by atomic mass is 16.5. The van der Waals surface area contributed by atoms with Crippen molar-refractivity contribution in [3.05, 3.63) is 23.9 Å². The molecule has 1 N–H and O–H groups in total. The lowest BCUT2D eigenvalue weighted by molar-refractivity contribution is -0.145. The monoisotopic (exact) mass is 268 g/mol. The van der Waals surface area contributed by atoms with Gasteiger partial charge in [-0.1, -0.05) is 0 Å². The van der Waals surface area contributed by atoms with Crippen molar-refractivity contribution in [2.24, 2.45) is 0 Å². The van der Waals surface area contributed by atoms with Gasteiger partial charge in [-0.15, -0.1) is 0 Å². The van der Waals surface area contributed by atoms with Crippen LogP contribution in [0.5, 0.6) is 5.88 Å². The Morgan fingerprint density at radius 2 is 2.21 bits per heavy atom. The van der Waals surface area contributed by atoms with Gasteiger partial charge in [0, 0.05) is 25.9 Å². The summed E-state index contributed by atoms with van der Waals surface area (Å²) in [5.41, 5.74) is 0.732. The van der Waals surface area contributed by atoms with Crippen molar-refractivity contribution in [1.29, 1.82) is 0 Å². The highest BCUT2D eigenvalue weighted by Crippen LogP contribution is 2.16. The molecule has 0 spiro atoms. The van der Waals surface area contributed by atoms with E-state index in [2.05, 4.69) is 10.3 Å². The number of aromatic nitrogens is 1. The molecular formula is C13H20N2O4. The van der Waals surface area contributed by atoms with E-state index < -0.39 is 6.04 Å². The van der Waals surface area contributed by atoms with E-state index in [1.807, 2.05) is 0 Å². The lowest BCUT2D eigenvalue weighted by Gasteiger charge is -2.17. The Kier molecular flexibility index (Phi) is 6.84. The van der Waals surface area contributed by atoms with E-state index in [1.165, 1.54) is 0 Å². The van der Waals surface area contributed by atoms with Crippen molar-refractivity contribution in [2.45, 2.75) is 13.0 Å². The summed E-state index contributed by atoms with van der Waals surface area (Å²) in [5.74, 6) is 0.175. The number of carbonyl (C=O) groups is 1. The molecule has 1 atom stereocenters. The Morgan fingerprint density at radius 1 is 1.42 bits per heavy atom. The molecule has 1 aromatic heterocycles. The molecule has 106 valence electrons.